The first-order valence-corrected chi connectivity index (χ1v) is 6.54. The number of carbonyl (C=O) groups excluding carboxylic acids is 1. The van der Waals surface area contributed by atoms with Crippen molar-refractivity contribution in [3.63, 3.8) is 0 Å². The molecule has 0 aromatic carbocycles. The van der Waals surface area contributed by atoms with Gasteiger partial charge in [0.2, 0.25) is 5.91 Å². The Morgan fingerprint density at radius 3 is 3.16 bits per heavy atom. The van der Waals surface area contributed by atoms with Gasteiger partial charge in [-0.3, -0.25) is 9.78 Å². The van der Waals surface area contributed by atoms with Crippen LogP contribution in [-0.2, 0) is 9.53 Å². The molecule has 2 heterocycles. The summed E-state index contributed by atoms with van der Waals surface area (Å²) < 4.78 is 4.96. The van der Waals surface area contributed by atoms with E-state index in [0.717, 1.165) is 30.9 Å². The first kappa shape index (κ1) is 13.7. The molecular weight excluding hydrogens is 244 g/mol. The van der Waals surface area contributed by atoms with E-state index in [1.165, 1.54) is 0 Å². The van der Waals surface area contributed by atoms with E-state index >= 15 is 0 Å². The minimum absolute atomic E-state index is 0.0464. The van der Waals surface area contributed by atoms with Crippen molar-refractivity contribution in [1.29, 1.82) is 0 Å². The molecule has 1 unspecified atom stereocenters. The van der Waals surface area contributed by atoms with Crippen molar-refractivity contribution in [3.8, 4) is 0 Å². The van der Waals surface area contributed by atoms with Gasteiger partial charge in [0.1, 0.15) is 5.82 Å². The molecular formula is C13H20N4O2. The van der Waals surface area contributed by atoms with E-state index in [9.17, 15) is 4.79 Å². The molecule has 1 aliphatic rings. The van der Waals surface area contributed by atoms with Crippen LogP contribution in [-0.4, -0.2) is 48.1 Å². The Balaban J connectivity index is 2.11. The number of likely N-dealkylation sites (tertiary alicyclic amines) is 1. The molecule has 0 spiro atoms. The number of anilines is 1. The van der Waals surface area contributed by atoms with Crippen molar-refractivity contribution < 1.29 is 9.53 Å². The van der Waals surface area contributed by atoms with E-state index in [0.29, 0.717) is 13.0 Å². The number of nitrogens with one attached hydrogen (secondary N) is 1. The molecule has 6 heteroatoms. The predicted octanol–water partition coefficient (Wildman–Crippen LogP) is 1.22. The average Bonchev–Trinajstić information content (AvgIpc) is 2.94. The molecule has 1 saturated heterocycles. The molecule has 19 heavy (non-hydrogen) atoms. The molecule has 1 aliphatic heterocycles. The highest BCUT2D eigenvalue weighted by molar-refractivity contribution is 5.77. The molecule has 0 aliphatic carbocycles. The summed E-state index contributed by atoms with van der Waals surface area (Å²) in [6.07, 6.45) is 5.80. The zero-order valence-corrected chi connectivity index (χ0v) is 11.4. The van der Waals surface area contributed by atoms with Gasteiger partial charge in [-0.15, -0.1) is 0 Å². The summed E-state index contributed by atoms with van der Waals surface area (Å²) in [5.41, 5.74) is 0.857. The van der Waals surface area contributed by atoms with Crippen LogP contribution in [0.3, 0.4) is 0 Å². The van der Waals surface area contributed by atoms with Crippen LogP contribution in [0.4, 0.5) is 5.82 Å². The maximum atomic E-state index is 12.1. The number of nitrogens with zero attached hydrogens (tertiary/aromatic N) is 3. The van der Waals surface area contributed by atoms with Gasteiger partial charge in [-0.05, 0) is 12.8 Å². The molecule has 1 aromatic heterocycles. The highest BCUT2D eigenvalue weighted by Gasteiger charge is 2.30. The van der Waals surface area contributed by atoms with Crippen molar-refractivity contribution in [2.75, 3.05) is 32.6 Å². The van der Waals surface area contributed by atoms with Crippen molar-refractivity contribution >= 4 is 11.7 Å². The first-order chi connectivity index (χ1) is 9.26. The second-order valence-corrected chi connectivity index (χ2v) is 4.57. The smallest absolute Gasteiger partial charge is 0.225 e. The first-order valence-electron chi connectivity index (χ1n) is 6.54. The summed E-state index contributed by atoms with van der Waals surface area (Å²) in [6.45, 7) is 1.25. The molecule has 1 N–H and O–H groups in total. The standard InChI is InChI=1S/C13H20N4O2/c1-14-12-9-15-8-10(16-12)11-4-3-6-17(11)13(18)5-7-19-2/h8-9,11H,3-7H2,1-2H3,(H,14,16). The number of aromatic nitrogens is 2. The van der Waals surface area contributed by atoms with Gasteiger partial charge in [0.25, 0.3) is 0 Å². The quantitative estimate of drug-likeness (QED) is 0.866. The van der Waals surface area contributed by atoms with Crippen molar-refractivity contribution in [1.82, 2.24) is 14.9 Å². The summed E-state index contributed by atoms with van der Waals surface area (Å²) in [6, 6.07) is 0.0464. The molecule has 0 radical (unpaired) electrons. The van der Waals surface area contributed by atoms with E-state index in [4.69, 9.17) is 4.74 Å². The van der Waals surface area contributed by atoms with E-state index in [-0.39, 0.29) is 11.9 Å². The fourth-order valence-electron chi connectivity index (χ4n) is 2.37. The minimum atomic E-state index is 0.0464. The molecule has 6 nitrogen and oxygen atoms in total. The van der Waals surface area contributed by atoms with E-state index in [1.54, 1.807) is 19.5 Å². The fraction of sp³-hybridized carbons (Fsp3) is 0.615. The lowest BCUT2D eigenvalue weighted by molar-refractivity contribution is -0.133. The molecule has 104 valence electrons. The highest BCUT2D eigenvalue weighted by atomic mass is 16.5. The monoisotopic (exact) mass is 264 g/mol. The summed E-state index contributed by atoms with van der Waals surface area (Å²) in [5.74, 6) is 0.856. The molecule has 1 amide bonds. The summed E-state index contributed by atoms with van der Waals surface area (Å²) in [4.78, 5) is 22.7. The van der Waals surface area contributed by atoms with E-state index < -0.39 is 0 Å². The van der Waals surface area contributed by atoms with Crippen LogP contribution in [0.15, 0.2) is 12.4 Å². The second-order valence-electron chi connectivity index (χ2n) is 4.57. The Labute approximate surface area is 113 Å². The van der Waals surface area contributed by atoms with Crippen molar-refractivity contribution in [2.24, 2.45) is 0 Å². The zero-order valence-electron chi connectivity index (χ0n) is 11.4. The number of hydrogen-bond acceptors (Lipinski definition) is 5. The fourth-order valence-corrected chi connectivity index (χ4v) is 2.37. The highest BCUT2D eigenvalue weighted by Crippen LogP contribution is 2.31. The summed E-state index contributed by atoms with van der Waals surface area (Å²) in [5, 5.41) is 2.97. The van der Waals surface area contributed by atoms with Crippen LogP contribution >= 0.6 is 0 Å². The van der Waals surface area contributed by atoms with Crippen LogP contribution in [0, 0.1) is 0 Å². The van der Waals surface area contributed by atoms with E-state index in [1.807, 2.05) is 11.9 Å². The third-order valence-electron chi connectivity index (χ3n) is 3.34. The lowest BCUT2D eigenvalue weighted by Crippen LogP contribution is -2.31. The molecule has 1 atom stereocenters. The topological polar surface area (TPSA) is 67.4 Å². The van der Waals surface area contributed by atoms with Gasteiger partial charge in [0.15, 0.2) is 0 Å². The van der Waals surface area contributed by atoms with Crippen molar-refractivity contribution in [2.45, 2.75) is 25.3 Å². The maximum absolute atomic E-state index is 12.1. The SMILES string of the molecule is CNc1cncc(C2CCCN2C(=O)CCOC)n1. The van der Waals surface area contributed by atoms with Gasteiger partial charge < -0.3 is 15.0 Å². The van der Waals surface area contributed by atoms with Crippen LogP contribution in [0.5, 0.6) is 0 Å². The second kappa shape index (κ2) is 6.47. The van der Waals surface area contributed by atoms with Crippen LogP contribution in [0.2, 0.25) is 0 Å². The molecule has 0 saturated carbocycles. The number of amides is 1. The van der Waals surface area contributed by atoms with Gasteiger partial charge >= 0.3 is 0 Å². The largest absolute Gasteiger partial charge is 0.384 e. The molecule has 1 fully saturated rings. The Hall–Kier alpha value is -1.69. The number of hydrogen-bond donors (Lipinski definition) is 1. The number of ether oxygens (including phenoxy) is 1. The third-order valence-corrected chi connectivity index (χ3v) is 3.34. The Morgan fingerprint density at radius 1 is 1.58 bits per heavy atom. The number of methoxy groups -OCH3 is 1. The van der Waals surface area contributed by atoms with Gasteiger partial charge in [-0.1, -0.05) is 0 Å². The Morgan fingerprint density at radius 2 is 2.42 bits per heavy atom. The predicted molar refractivity (Wildman–Crippen MR) is 71.8 cm³/mol. The van der Waals surface area contributed by atoms with Gasteiger partial charge in [0.05, 0.1) is 37.2 Å². The van der Waals surface area contributed by atoms with E-state index in [2.05, 4.69) is 15.3 Å². The zero-order chi connectivity index (χ0) is 13.7. The lowest BCUT2D eigenvalue weighted by atomic mass is 10.1. The van der Waals surface area contributed by atoms with Crippen LogP contribution < -0.4 is 5.32 Å². The average molecular weight is 264 g/mol. The number of carbonyl (C=O) groups is 1. The normalized spacial score (nSPS) is 18.6. The number of rotatable bonds is 5. The lowest BCUT2D eigenvalue weighted by Gasteiger charge is -2.24. The molecule has 2 rings (SSSR count). The van der Waals surface area contributed by atoms with Crippen LogP contribution in [0.25, 0.3) is 0 Å². The third kappa shape index (κ3) is 3.20. The summed E-state index contributed by atoms with van der Waals surface area (Å²) >= 11 is 0. The van der Waals surface area contributed by atoms with Gasteiger partial charge in [-0.2, -0.15) is 0 Å². The minimum Gasteiger partial charge on any atom is -0.384 e. The summed E-state index contributed by atoms with van der Waals surface area (Å²) in [7, 11) is 3.42. The Kier molecular flexibility index (Phi) is 4.68. The van der Waals surface area contributed by atoms with Crippen molar-refractivity contribution in [3.05, 3.63) is 18.1 Å². The molecule has 1 aromatic rings. The van der Waals surface area contributed by atoms with Gasteiger partial charge in [0, 0.05) is 20.7 Å². The van der Waals surface area contributed by atoms with Crippen LogP contribution in [0.1, 0.15) is 31.0 Å². The molecule has 0 bridgehead atoms. The van der Waals surface area contributed by atoms with Gasteiger partial charge in [-0.25, -0.2) is 4.98 Å². The Bertz CT molecular complexity index is 438. The maximum Gasteiger partial charge on any atom is 0.225 e.